The maximum absolute atomic E-state index is 12.2. The number of pyridine rings is 1. The average molecular weight is 347 g/mol. The molecule has 2 aromatic rings. The van der Waals surface area contributed by atoms with Gasteiger partial charge in [0.05, 0.1) is 12.2 Å². The van der Waals surface area contributed by atoms with E-state index in [9.17, 15) is 4.79 Å². The number of carbonyl (C=O) groups is 1. The minimum absolute atomic E-state index is 0.345. The molecule has 6 nitrogen and oxygen atoms in total. The molecule has 0 saturated carbocycles. The fourth-order valence-corrected chi connectivity index (χ4v) is 2.74. The number of fused-ring (bicyclic) bond motifs is 1. The third-order valence-electron chi connectivity index (χ3n) is 3.60. The predicted octanol–water partition coefficient (Wildman–Crippen LogP) is 3.49. The average Bonchev–Trinajstić information content (AvgIpc) is 2.53. The molecule has 24 heavy (non-hydrogen) atoms. The zero-order valence-electron chi connectivity index (χ0n) is 13.9. The van der Waals surface area contributed by atoms with Crippen LogP contribution in [0.4, 0.5) is 4.79 Å². The van der Waals surface area contributed by atoms with Crippen LogP contribution < -0.4 is 0 Å². The van der Waals surface area contributed by atoms with Crippen LogP contribution >= 0.6 is 11.6 Å². The SMILES string of the molecule is CC(C)(C)OC(=O)N1CCc2nc(-c3ccncc3)nc(Cl)c2C1. The van der Waals surface area contributed by atoms with Gasteiger partial charge in [-0.25, -0.2) is 14.8 Å². The van der Waals surface area contributed by atoms with Crippen molar-refractivity contribution in [3.05, 3.63) is 40.9 Å². The molecule has 1 aliphatic rings. The third-order valence-corrected chi connectivity index (χ3v) is 3.91. The Balaban J connectivity index is 1.84. The van der Waals surface area contributed by atoms with E-state index in [1.165, 1.54) is 0 Å². The smallest absolute Gasteiger partial charge is 0.410 e. The Hall–Kier alpha value is -2.21. The lowest BCUT2D eigenvalue weighted by Gasteiger charge is -2.31. The van der Waals surface area contributed by atoms with Gasteiger partial charge in [-0.05, 0) is 32.9 Å². The van der Waals surface area contributed by atoms with Crippen LogP contribution in [0.15, 0.2) is 24.5 Å². The first-order valence-electron chi connectivity index (χ1n) is 7.77. The molecular weight excluding hydrogens is 328 g/mol. The lowest BCUT2D eigenvalue weighted by Crippen LogP contribution is -2.40. The minimum atomic E-state index is -0.525. The molecule has 0 aromatic carbocycles. The Kier molecular flexibility index (Phi) is 4.41. The van der Waals surface area contributed by atoms with E-state index >= 15 is 0 Å². The van der Waals surface area contributed by atoms with Crippen LogP contribution in [0.3, 0.4) is 0 Å². The van der Waals surface area contributed by atoms with Crippen molar-refractivity contribution in [3.63, 3.8) is 0 Å². The lowest BCUT2D eigenvalue weighted by atomic mass is 10.1. The summed E-state index contributed by atoms with van der Waals surface area (Å²) >= 11 is 6.35. The number of ether oxygens (including phenoxy) is 1. The summed E-state index contributed by atoms with van der Waals surface area (Å²) in [6.07, 6.45) is 3.66. The summed E-state index contributed by atoms with van der Waals surface area (Å²) in [5.41, 5.74) is 2.00. The van der Waals surface area contributed by atoms with E-state index in [0.717, 1.165) is 16.8 Å². The predicted molar refractivity (Wildman–Crippen MR) is 90.6 cm³/mol. The molecule has 0 N–H and O–H groups in total. The van der Waals surface area contributed by atoms with E-state index < -0.39 is 5.60 Å². The molecule has 7 heteroatoms. The summed E-state index contributed by atoms with van der Waals surface area (Å²) in [6, 6.07) is 3.68. The van der Waals surface area contributed by atoms with Crippen molar-refractivity contribution in [1.29, 1.82) is 0 Å². The van der Waals surface area contributed by atoms with Crippen molar-refractivity contribution < 1.29 is 9.53 Å². The Morgan fingerprint density at radius 1 is 1.25 bits per heavy atom. The third kappa shape index (κ3) is 3.64. The van der Waals surface area contributed by atoms with Gasteiger partial charge in [-0.3, -0.25) is 4.98 Å². The molecule has 0 spiro atoms. The Bertz CT molecular complexity index is 759. The Labute approximate surface area is 145 Å². The molecule has 0 radical (unpaired) electrons. The van der Waals surface area contributed by atoms with E-state index in [1.807, 2.05) is 32.9 Å². The number of amides is 1. The molecule has 2 aromatic heterocycles. The standard InChI is InChI=1S/C17H19ClN4O2/c1-17(2,3)24-16(23)22-9-6-13-12(10-22)14(18)21-15(20-13)11-4-7-19-8-5-11/h4-5,7-8H,6,9-10H2,1-3H3. The summed E-state index contributed by atoms with van der Waals surface area (Å²) in [7, 11) is 0. The second-order valence-corrected chi connectivity index (χ2v) is 7.01. The summed E-state index contributed by atoms with van der Waals surface area (Å²) in [5, 5.41) is 0.375. The second-order valence-electron chi connectivity index (χ2n) is 6.65. The highest BCUT2D eigenvalue weighted by Gasteiger charge is 2.28. The Morgan fingerprint density at radius 3 is 2.62 bits per heavy atom. The largest absolute Gasteiger partial charge is 0.444 e. The van der Waals surface area contributed by atoms with Crippen LogP contribution in [-0.4, -0.2) is 38.1 Å². The summed E-state index contributed by atoms with van der Waals surface area (Å²) in [6.45, 7) is 6.45. The van der Waals surface area contributed by atoms with Crippen molar-refractivity contribution in [3.8, 4) is 11.4 Å². The first-order chi connectivity index (χ1) is 11.3. The van der Waals surface area contributed by atoms with E-state index in [2.05, 4.69) is 15.0 Å². The summed E-state index contributed by atoms with van der Waals surface area (Å²) in [4.78, 5) is 26.8. The maximum Gasteiger partial charge on any atom is 0.410 e. The van der Waals surface area contributed by atoms with Crippen molar-refractivity contribution in [2.24, 2.45) is 0 Å². The first kappa shape index (κ1) is 16.6. The fourth-order valence-electron chi connectivity index (χ4n) is 2.49. The maximum atomic E-state index is 12.2. The van der Waals surface area contributed by atoms with Crippen molar-refractivity contribution in [2.75, 3.05) is 6.54 Å². The van der Waals surface area contributed by atoms with Gasteiger partial charge < -0.3 is 9.64 Å². The number of aromatic nitrogens is 3. The van der Waals surface area contributed by atoms with Gasteiger partial charge >= 0.3 is 6.09 Å². The highest BCUT2D eigenvalue weighted by molar-refractivity contribution is 6.30. The normalized spacial score (nSPS) is 14.2. The lowest BCUT2D eigenvalue weighted by molar-refractivity contribution is 0.0222. The minimum Gasteiger partial charge on any atom is -0.444 e. The highest BCUT2D eigenvalue weighted by atomic mass is 35.5. The van der Waals surface area contributed by atoms with Gasteiger partial charge in [-0.1, -0.05) is 11.6 Å². The second kappa shape index (κ2) is 6.36. The molecule has 3 rings (SSSR count). The van der Waals surface area contributed by atoms with Crippen molar-refractivity contribution in [2.45, 2.75) is 39.3 Å². The number of hydrogen-bond donors (Lipinski definition) is 0. The zero-order chi connectivity index (χ0) is 17.3. The van der Waals surface area contributed by atoms with E-state index in [-0.39, 0.29) is 6.09 Å². The summed E-state index contributed by atoms with van der Waals surface area (Å²) in [5.74, 6) is 0.576. The van der Waals surface area contributed by atoms with Crippen LogP contribution in [-0.2, 0) is 17.7 Å². The monoisotopic (exact) mass is 346 g/mol. The highest BCUT2D eigenvalue weighted by Crippen LogP contribution is 2.27. The van der Waals surface area contributed by atoms with Crippen LogP contribution in [0.2, 0.25) is 5.15 Å². The topological polar surface area (TPSA) is 68.2 Å². The van der Waals surface area contributed by atoms with Gasteiger partial charge in [-0.15, -0.1) is 0 Å². The van der Waals surface area contributed by atoms with Gasteiger partial charge in [-0.2, -0.15) is 0 Å². The molecule has 3 heterocycles. The van der Waals surface area contributed by atoms with Crippen LogP contribution in [0.25, 0.3) is 11.4 Å². The van der Waals surface area contributed by atoms with Gasteiger partial charge in [0, 0.05) is 36.5 Å². The molecule has 1 aliphatic heterocycles. The van der Waals surface area contributed by atoms with Crippen LogP contribution in [0.5, 0.6) is 0 Å². The molecule has 0 aliphatic carbocycles. The number of halogens is 1. The molecule has 1 amide bonds. The van der Waals surface area contributed by atoms with Gasteiger partial charge in [0.2, 0.25) is 0 Å². The molecule has 0 unspecified atom stereocenters. The Morgan fingerprint density at radius 2 is 1.96 bits per heavy atom. The molecule has 0 fully saturated rings. The van der Waals surface area contributed by atoms with Gasteiger partial charge in [0.25, 0.3) is 0 Å². The molecule has 0 atom stereocenters. The van der Waals surface area contributed by atoms with E-state index in [1.54, 1.807) is 17.3 Å². The first-order valence-corrected chi connectivity index (χ1v) is 8.15. The summed E-state index contributed by atoms with van der Waals surface area (Å²) < 4.78 is 5.42. The fraction of sp³-hybridized carbons (Fsp3) is 0.412. The van der Waals surface area contributed by atoms with Crippen molar-refractivity contribution in [1.82, 2.24) is 19.9 Å². The van der Waals surface area contributed by atoms with Gasteiger partial charge in [0.15, 0.2) is 5.82 Å². The molecular formula is C17H19ClN4O2. The van der Waals surface area contributed by atoms with E-state index in [0.29, 0.717) is 30.5 Å². The number of rotatable bonds is 1. The number of nitrogens with zero attached hydrogens (tertiary/aromatic N) is 4. The molecule has 126 valence electrons. The zero-order valence-corrected chi connectivity index (χ0v) is 14.7. The van der Waals surface area contributed by atoms with Gasteiger partial charge in [0.1, 0.15) is 10.8 Å². The van der Waals surface area contributed by atoms with E-state index in [4.69, 9.17) is 16.3 Å². The number of hydrogen-bond acceptors (Lipinski definition) is 5. The van der Waals surface area contributed by atoms with Crippen molar-refractivity contribution >= 4 is 17.7 Å². The molecule has 0 bridgehead atoms. The van der Waals surface area contributed by atoms with Crippen LogP contribution in [0, 0.1) is 0 Å². The quantitative estimate of drug-likeness (QED) is 0.739. The molecule has 0 saturated heterocycles. The number of carbonyl (C=O) groups excluding carboxylic acids is 1. The van der Waals surface area contributed by atoms with Crippen LogP contribution in [0.1, 0.15) is 32.0 Å².